The molecule has 0 aliphatic carbocycles. The van der Waals surface area contributed by atoms with Crippen LogP contribution in [0.3, 0.4) is 0 Å². The number of benzene rings is 4. The van der Waals surface area contributed by atoms with Crippen LogP contribution in [-0.2, 0) is 0 Å². The van der Waals surface area contributed by atoms with Gasteiger partial charge >= 0.3 is 0 Å². The summed E-state index contributed by atoms with van der Waals surface area (Å²) in [5.74, 6) is -1.74. The second kappa shape index (κ2) is 12.8. The zero-order valence-corrected chi connectivity index (χ0v) is 25.2. The van der Waals surface area contributed by atoms with Crippen LogP contribution in [0.25, 0.3) is 22.4 Å². The fourth-order valence-corrected chi connectivity index (χ4v) is 5.14. The number of hydrogen-bond acceptors (Lipinski definition) is 12. The lowest BCUT2D eigenvalue weighted by atomic mass is 9.96. The number of nitriles is 1. The topological polar surface area (TPSA) is 214 Å². The van der Waals surface area contributed by atoms with Gasteiger partial charge in [0.15, 0.2) is 46.0 Å². The van der Waals surface area contributed by atoms with Gasteiger partial charge in [0.1, 0.15) is 6.07 Å². The molecule has 1 aliphatic rings. The van der Waals surface area contributed by atoms with Gasteiger partial charge in [-0.15, -0.1) is 0 Å². The molecular weight excluding hydrogens is 604 g/mol. The largest absolute Gasteiger partial charge is 0.504 e. The van der Waals surface area contributed by atoms with Crippen molar-refractivity contribution >= 4 is 5.71 Å². The van der Waals surface area contributed by atoms with E-state index >= 15 is 0 Å². The van der Waals surface area contributed by atoms with Crippen LogP contribution in [0.2, 0.25) is 0 Å². The first-order valence-electron chi connectivity index (χ1n) is 14.2. The zero-order valence-electron chi connectivity index (χ0n) is 25.2. The number of rotatable bonds is 4. The molecule has 8 N–H and O–H groups in total. The quantitative estimate of drug-likeness (QED) is 0.112. The van der Waals surface area contributed by atoms with Crippen molar-refractivity contribution in [3.63, 3.8) is 0 Å². The van der Waals surface area contributed by atoms with E-state index in [-0.39, 0.29) is 52.0 Å². The highest BCUT2D eigenvalue weighted by Crippen LogP contribution is 2.38. The number of phenolic OH excluding ortho intramolecular Hbond substituents is 8. The van der Waals surface area contributed by atoms with Gasteiger partial charge in [-0.05, 0) is 84.8 Å². The molecule has 1 aliphatic heterocycles. The molecule has 4 aromatic carbocycles. The van der Waals surface area contributed by atoms with E-state index in [1.54, 1.807) is 42.3 Å². The Morgan fingerprint density at radius 1 is 0.638 bits per heavy atom. The molecule has 238 valence electrons. The van der Waals surface area contributed by atoms with Gasteiger partial charge in [0, 0.05) is 30.2 Å². The standard InChI is InChI=1S/C19H14N2O4.C16H16N2O4/c1-10-14(9-20)13(11-2-4-16(22)18(24)6-11)8-15(21-10)12-3-5-17(23)19(25)7-12;1-18-12(10-3-5-14(20)16(22)7-10)8-11(17-18)9-2-4-13(19)15(21)6-9/h2-8,22-25H,1H3;2-7,12,19-22H,8H2,1H3. The van der Waals surface area contributed by atoms with Crippen molar-refractivity contribution in [1.29, 1.82) is 5.26 Å². The minimum Gasteiger partial charge on any atom is -0.504 e. The number of pyridine rings is 1. The van der Waals surface area contributed by atoms with Gasteiger partial charge in [0.05, 0.1) is 28.7 Å². The van der Waals surface area contributed by atoms with Crippen LogP contribution in [0.15, 0.2) is 84.0 Å². The van der Waals surface area contributed by atoms with Crippen molar-refractivity contribution in [2.24, 2.45) is 5.10 Å². The van der Waals surface area contributed by atoms with E-state index in [4.69, 9.17) is 0 Å². The molecule has 1 unspecified atom stereocenters. The molecule has 0 saturated heterocycles. The molecule has 0 saturated carbocycles. The summed E-state index contributed by atoms with van der Waals surface area (Å²) in [4.78, 5) is 4.38. The van der Waals surface area contributed by atoms with Crippen LogP contribution in [0, 0.1) is 18.3 Å². The first kappa shape index (κ1) is 31.8. The summed E-state index contributed by atoms with van der Waals surface area (Å²) in [5, 5.41) is 92.0. The fraction of sp³-hybridized carbons (Fsp3) is 0.114. The van der Waals surface area contributed by atoms with E-state index in [9.17, 15) is 46.1 Å². The number of nitrogens with zero attached hydrogens (tertiary/aromatic N) is 4. The van der Waals surface area contributed by atoms with Crippen molar-refractivity contribution in [3.8, 4) is 74.4 Å². The minimum absolute atomic E-state index is 0.0718. The Balaban J connectivity index is 0.000000186. The molecular formula is C35H30N4O8. The first-order valence-corrected chi connectivity index (χ1v) is 14.2. The molecule has 1 atom stereocenters. The van der Waals surface area contributed by atoms with Gasteiger partial charge < -0.3 is 40.9 Å². The monoisotopic (exact) mass is 634 g/mol. The Bertz CT molecular complexity index is 2070. The second-order valence-electron chi connectivity index (χ2n) is 10.8. The summed E-state index contributed by atoms with van der Waals surface area (Å²) in [7, 11) is 1.82. The highest BCUT2D eigenvalue weighted by molar-refractivity contribution is 6.02. The second-order valence-corrected chi connectivity index (χ2v) is 10.8. The van der Waals surface area contributed by atoms with Gasteiger partial charge in [-0.25, -0.2) is 0 Å². The number of aryl methyl sites for hydroxylation is 1. The molecule has 5 aromatic rings. The minimum atomic E-state index is -0.292. The third-order valence-corrected chi connectivity index (χ3v) is 7.68. The van der Waals surface area contributed by atoms with Crippen LogP contribution < -0.4 is 0 Å². The molecule has 0 fully saturated rings. The molecule has 0 amide bonds. The number of phenols is 8. The van der Waals surface area contributed by atoms with Gasteiger partial charge in [0.25, 0.3) is 0 Å². The lowest BCUT2D eigenvalue weighted by Crippen LogP contribution is -2.13. The molecule has 12 heteroatoms. The van der Waals surface area contributed by atoms with Crippen LogP contribution in [0.1, 0.15) is 34.8 Å². The number of aromatic nitrogens is 1. The Morgan fingerprint density at radius 3 is 1.68 bits per heavy atom. The maximum atomic E-state index is 9.74. The summed E-state index contributed by atoms with van der Waals surface area (Å²) in [6.45, 7) is 1.69. The summed E-state index contributed by atoms with van der Waals surface area (Å²) < 4.78 is 0. The lowest BCUT2D eigenvalue weighted by molar-refractivity contribution is 0.288. The number of aromatic hydroxyl groups is 8. The molecule has 6 rings (SSSR count). The fourth-order valence-electron chi connectivity index (χ4n) is 5.14. The van der Waals surface area contributed by atoms with E-state index in [1.807, 2.05) is 7.05 Å². The van der Waals surface area contributed by atoms with Crippen molar-refractivity contribution in [2.75, 3.05) is 7.05 Å². The third-order valence-electron chi connectivity index (χ3n) is 7.68. The van der Waals surface area contributed by atoms with Crippen LogP contribution in [0.4, 0.5) is 0 Å². The summed E-state index contributed by atoms with van der Waals surface area (Å²) in [6, 6.07) is 21.6. The van der Waals surface area contributed by atoms with Crippen LogP contribution in [0.5, 0.6) is 46.0 Å². The number of hydrogen-bond donors (Lipinski definition) is 8. The molecule has 0 radical (unpaired) electrons. The maximum absolute atomic E-state index is 9.74. The predicted molar refractivity (Wildman–Crippen MR) is 172 cm³/mol. The van der Waals surface area contributed by atoms with Crippen molar-refractivity contribution in [2.45, 2.75) is 19.4 Å². The Kier molecular flexibility index (Phi) is 8.65. The maximum Gasteiger partial charge on any atom is 0.158 e. The lowest BCUT2D eigenvalue weighted by Gasteiger charge is -2.19. The molecule has 12 nitrogen and oxygen atoms in total. The zero-order chi connectivity index (χ0) is 34.0. The van der Waals surface area contributed by atoms with Crippen LogP contribution in [-0.4, -0.2) is 63.6 Å². The SMILES string of the molecule is CN1N=C(c2ccc(O)c(O)c2)CC1c1ccc(O)c(O)c1.Cc1nc(-c2ccc(O)c(O)c2)cc(-c2ccc(O)c(O)c2)c1C#N. The molecule has 2 heterocycles. The van der Waals surface area contributed by atoms with E-state index in [2.05, 4.69) is 16.2 Å². The van der Waals surface area contributed by atoms with Crippen LogP contribution >= 0.6 is 0 Å². The van der Waals surface area contributed by atoms with E-state index in [1.165, 1.54) is 48.5 Å². The van der Waals surface area contributed by atoms with Gasteiger partial charge in [-0.1, -0.05) is 12.1 Å². The normalized spacial score (nSPS) is 13.8. The van der Waals surface area contributed by atoms with Crippen molar-refractivity contribution in [1.82, 2.24) is 9.99 Å². The molecule has 0 bridgehead atoms. The van der Waals surface area contributed by atoms with E-state index < -0.39 is 0 Å². The summed E-state index contributed by atoms with van der Waals surface area (Å²) >= 11 is 0. The Labute approximate surface area is 268 Å². The molecule has 0 spiro atoms. The highest BCUT2D eigenvalue weighted by atomic mass is 16.3. The van der Waals surface area contributed by atoms with Gasteiger partial charge in [0.2, 0.25) is 0 Å². The predicted octanol–water partition coefficient (Wildman–Crippen LogP) is 5.71. The van der Waals surface area contributed by atoms with Gasteiger partial charge in [-0.3, -0.25) is 9.99 Å². The Hall–Kier alpha value is -6.61. The summed E-state index contributed by atoms with van der Waals surface area (Å²) in [5.41, 5.74) is 5.30. The van der Waals surface area contributed by atoms with Crippen molar-refractivity contribution < 1.29 is 40.9 Å². The highest BCUT2D eigenvalue weighted by Gasteiger charge is 2.27. The average molecular weight is 635 g/mol. The third kappa shape index (κ3) is 6.59. The molecule has 47 heavy (non-hydrogen) atoms. The summed E-state index contributed by atoms with van der Waals surface area (Å²) in [6.07, 6.45) is 0.588. The molecule has 1 aromatic heterocycles. The first-order chi connectivity index (χ1) is 22.4. The van der Waals surface area contributed by atoms with Crippen molar-refractivity contribution in [3.05, 3.63) is 101 Å². The average Bonchev–Trinajstić information content (AvgIpc) is 3.43. The Morgan fingerprint density at radius 2 is 1.13 bits per heavy atom. The number of hydrazone groups is 1. The van der Waals surface area contributed by atoms with E-state index in [0.29, 0.717) is 40.1 Å². The smallest absolute Gasteiger partial charge is 0.158 e. The van der Waals surface area contributed by atoms with E-state index in [0.717, 1.165) is 16.8 Å². The van der Waals surface area contributed by atoms with Gasteiger partial charge in [-0.2, -0.15) is 10.4 Å².